The van der Waals surface area contributed by atoms with E-state index in [-0.39, 0.29) is 11.6 Å². The average molecular weight is 305 g/mol. The first-order valence-electron chi connectivity index (χ1n) is 7.40. The van der Waals surface area contributed by atoms with Crippen LogP contribution in [0.4, 0.5) is 17.6 Å². The van der Waals surface area contributed by atoms with Crippen molar-refractivity contribution in [1.82, 2.24) is 5.32 Å². The average Bonchev–Trinajstić information content (AvgIpc) is 2.42. The summed E-state index contributed by atoms with van der Waals surface area (Å²) in [5.41, 5.74) is -1.08. The van der Waals surface area contributed by atoms with Gasteiger partial charge in [0.15, 0.2) is 0 Å². The SMILES string of the molecule is CCCNC(CC(C)CC)c1cccc(C(F)(F)F)c1F. The third-order valence-electron chi connectivity index (χ3n) is 3.69. The zero-order valence-electron chi connectivity index (χ0n) is 12.7. The van der Waals surface area contributed by atoms with Gasteiger partial charge in [-0.05, 0) is 31.4 Å². The summed E-state index contributed by atoms with van der Waals surface area (Å²) in [6.45, 7) is 6.66. The molecule has 2 atom stereocenters. The Morgan fingerprint density at radius 3 is 2.38 bits per heavy atom. The summed E-state index contributed by atoms with van der Waals surface area (Å²) >= 11 is 0. The van der Waals surface area contributed by atoms with E-state index in [0.29, 0.717) is 18.9 Å². The number of rotatable bonds is 7. The van der Waals surface area contributed by atoms with E-state index in [1.54, 1.807) is 0 Å². The molecule has 0 bridgehead atoms. The molecule has 0 aliphatic carbocycles. The summed E-state index contributed by atoms with van der Waals surface area (Å²) in [6.07, 6.45) is -2.29. The van der Waals surface area contributed by atoms with E-state index in [2.05, 4.69) is 5.32 Å². The minimum Gasteiger partial charge on any atom is -0.310 e. The Hall–Kier alpha value is -1.10. The topological polar surface area (TPSA) is 12.0 Å². The molecular weight excluding hydrogens is 282 g/mol. The summed E-state index contributed by atoms with van der Waals surface area (Å²) in [5.74, 6) is -0.838. The number of halogens is 4. The van der Waals surface area contributed by atoms with E-state index in [1.807, 2.05) is 20.8 Å². The van der Waals surface area contributed by atoms with Crippen LogP contribution in [0.1, 0.15) is 57.2 Å². The lowest BCUT2D eigenvalue weighted by Crippen LogP contribution is -2.25. The van der Waals surface area contributed by atoms with E-state index in [1.165, 1.54) is 12.1 Å². The van der Waals surface area contributed by atoms with Crippen molar-refractivity contribution in [3.8, 4) is 0 Å². The summed E-state index contributed by atoms with van der Waals surface area (Å²) in [7, 11) is 0. The molecule has 1 rings (SSSR count). The minimum absolute atomic E-state index is 0.110. The lowest BCUT2D eigenvalue weighted by molar-refractivity contribution is -0.140. The highest BCUT2D eigenvalue weighted by Crippen LogP contribution is 2.35. The van der Waals surface area contributed by atoms with Crippen LogP contribution >= 0.6 is 0 Å². The summed E-state index contributed by atoms with van der Waals surface area (Å²) in [6, 6.07) is 3.12. The third-order valence-corrected chi connectivity index (χ3v) is 3.69. The number of hydrogen-bond acceptors (Lipinski definition) is 1. The minimum atomic E-state index is -4.66. The van der Waals surface area contributed by atoms with Crippen molar-refractivity contribution in [3.05, 3.63) is 35.1 Å². The van der Waals surface area contributed by atoms with Crippen LogP contribution in [-0.2, 0) is 6.18 Å². The van der Waals surface area contributed by atoms with Gasteiger partial charge in [-0.2, -0.15) is 13.2 Å². The quantitative estimate of drug-likeness (QED) is 0.672. The van der Waals surface area contributed by atoms with Crippen LogP contribution in [0.25, 0.3) is 0 Å². The second-order valence-corrected chi connectivity index (χ2v) is 5.46. The first kappa shape index (κ1) is 18.0. The van der Waals surface area contributed by atoms with Gasteiger partial charge in [-0.15, -0.1) is 0 Å². The molecule has 0 saturated carbocycles. The maximum absolute atomic E-state index is 14.2. The maximum Gasteiger partial charge on any atom is 0.419 e. The van der Waals surface area contributed by atoms with E-state index < -0.39 is 17.6 Å². The zero-order valence-corrected chi connectivity index (χ0v) is 12.7. The molecule has 1 aromatic rings. The fourth-order valence-electron chi connectivity index (χ4n) is 2.25. The molecule has 1 aromatic carbocycles. The van der Waals surface area contributed by atoms with E-state index >= 15 is 0 Å². The lowest BCUT2D eigenvalue weighted by Gasteiger charge is -2.23. The van der Waals surface area contributed by atoms with E-state index in [0.717, 1.165) is 18.9 Å². The number of benzene rings is 1. The van der Waals surface area contributed by atoms with Gasteiger partial charge in [-0.25, -0.2) is 4.39 Å². The molecule has 0 spiro atoms. The van der Waals surface area contributed by atoms with Crippen molar-refractivity contribution in [2.75, 3.05) is 6.54 Å². The van der Waals surface area contributed by atoms with Crippen molar-refractivity contribution >= 4 is 0 Å². The molecular formula is C16H23F4N. The Labute approximate surface area is 123 Å². The zero-order chi connectivity index (χ0) is 16.0. The van der Waals surface area contributed by atoms with Crippen LogP contribution in [0.3, 0.4) is 0 Å². The molecule has 0 radical (unpaired) electrons. The van der Waals surface area contributed by atoms with Gasteiger partial charge in [-0.3, -0.25) is 0 Å². The summed E-state index contributed by atoms with van der Waals surface area (Å²) < 4.78 is 52.7. The van der Waals surface area contributed by atoms with Crippen LogP contribution < -0.4 is 5.32 Å². The Morgan fingerprint density at radius 1 is 1.19 bits per heavy atom. The van der Waals surface area contributed by atoms with Gasteiger partial charge >= 0.3 is 6.18 Å². The molecule has 0 amide bonds. The van der Waals surface area contributed by atoms with Gasteiger partial charge in [-0.1, -0.05) is 39.3 Å². The fraction of sp³-hybridized carbons (Fsp3) is 0.625. The van der Waals surface area contributed by atoms with Crippen LogP contribution in [-0.4, -0.2) is 6.54 Å². The van der Waals surface area contributed by atoms with Gasteiger partial charge in [0.1, 0.15) is 5.82 Å². The molecule has 5 heteroatoms. The van der Waals surface area contributed by atoms with Crippen LogP contribution in [0.15, 0.2) is 18.2 Å². The standard InChI is InChI=1S/C16H23F4N/c1-4-9-21-14(10-11(3)5-2)12-7-6-8-13(15(12)17)16(18,19)20/h6-8,11,14,21H,4-5,9-10H2,1-3H3. The predicted octanol–water partition coefficient (Wildman–Crippen LogP) is 5.32. The smallest absolute Gasteiger partial charge is 0.310 e. The molecule has 0 aliphatic heterocycles. The van der Waals surface area contributed by atoms with Gasteiger partial charge in [0.05, 0.1) is 5.56 Å². The Bertz CT molecular complexity index is 442. The third kappa shape index (κ3) is 4.99. The van der Waals surface area contributed by atoms with Crippen LogP contribution in [0.5, 0.6) is 0 Å². The van der Waals surface area contributed by atoms with Crippen molar-refractivity contribution < 1.29 is 17.6 Å². The molecule has 0 heterocycles. The molecule has 1 nitrogen and oxygen atoms in total. The second kappa shape index (κ2) is 7.78. The molecule has 0 aromatic heterocycles. The van der Waals surface area contributed by atoms with Crippen LogP contribution in [0.2, 0.25) is 0 Å². The van der Waals surface area contributed by atoms with E-state index in [9.17, 15) is 17.6 Å². The van der Waals surface area contributed by atoms with Gasteiger partial charge in [0, 0.05) is 11.6 Å². The first-order chi connectivity index (χ1) is 9.81. The highest BCUT2D eigenvalue weighted by molar-refractivity contribution is 5.30. The van der Waals surface area contributed by atoms with Gasteiger partial charge in [0.2, 0.25) is 0 Å². The largest absolute Gasteiger partial charge is 0.419 e. The molecule has 2 unspecified atom stereocenters. The number of alkyl halides is 3. The van der Waals surface area contributed by atoms with Crippen molar-refractivity contribution in [1.29, 1.82) is 0 Å². The Morgan fingerprint density at radius 2 is 1.86 bits per heavy atom. The molecule has 0 saturated heterocycles. The molecule has 120 valence electrons. The fourth-order valence-corrected chi connectivity index (χ4v) is 2.25. The Balaban J connectivity index is 3.12. The highest BCUT2D eigenvalue weighted by Gasteiger charge is 2.35. The summed E-state index contributed by atoms with van der Waals surface area (Å²) in [5, 5.41) is 3.16. The summed E-state index contributed by atoms with van der Waals surface area (Å²) in [4.78, 5) is 0. The number of nitrogens with one attached hydrogen (secondary N) is 1. The highest BCUT2D eigenvalue weighted by atomic mass is 19.4. The Kier molecular flexibility index (Phi) is 6.65. The van der Waals surface area contributed by atoms with Crippen molar-refractivity contribution in [2.24, 2.45) is 5.92 Å². The molecule has 0 aliphatic rings. The first-order valence-corrected chi connectivity index (χ1v) is 7.40. The van der Waals surface area contributed by atoms with Crippen molar-refractivity contribution in [2.45, 2.75) is 52.3 Å². The normalized spacial score (nSPS) is 15.0. The monoisotopic (exact) mass is 305 g/mol. The molecule has 1 N–H and O–H groups in total. The van der Waals surface area contributed by atoms with E-state index in [4.69, 9.17) is 0 Å². The molecule has 0 fully saturated rings. The van der Waals surface area contributed by atoms with Gasteiger partial charge in [0.25, 0.3) is 0 Å². The van der Waals surface area contributed by atoms with Crippen LogP contribution in [0, 0.1) is 11.7 Å². The predicted molar refractivity (Wildman–Crippen MR) is 76.5 cm³/mol. The lowest BCUT2D eigenvalue weighted by atomic mass is 9.92. The second-order valence-electron chi connectivity index (χ2n) is 5.46. The molecule has 21 heavy (non-hydrogen) atoms. The van der Waals surface area contributed by atoms with Crippen molar-refractivity contribution in [3.63, 3.8) is 0 Å². The van der Waals surface area contributed by atoms with Gasteiger partial charge < -0.3 is 5.32 Å². The number of hydrogen-bond donors (Lipinski definition) is 1. The maximum atomic E-state index is 14.2.